The number of nitrogens with zero attached hydrogens (tertiary/aromatic N) is 2. The molecule has 9 heteroatoms. The number of esters is 1. The number of carbonyl (C=O) groups is 2. The molecular formula is C17H18F2N2O4S. The highest BCUT2D eigenvalue weighted by Gasteiger charge is 2.86. The fourth-order valence-corrected chi connectivity index (χ4v) is 6.22. The molecule has 5 unspecified atom stereocenters. The number of aromatic nitrogens is 2. The van der Waals surface area contributed by atoms with E-state index in [1.165, 1.54) is 23.3 Å². The van der Waals surface area contributed by atoms with Crippen molar-refractivity contribution in [1.29, 1.82) is 0 Å². The van der Waals surface area contributed by atoms with E-state index >= 15 is 0 Å². The lowest BCUT2D eigenvalue weighted by Crippen LogP contribution is -2.47. The number of hydrogen-bond donors (Lipinski definition) is 1. The van der Waals surface area contributed by atoms with Crippen LogP contribution in [0.3, 0.4) is 0 Å². The normalized spacial score (nSPS) is 41.8. The van der Waals surface area contributed by atoms with Crippen LogP contribution in [0.2, 0.25) is 0 Å². The van der Waals surface area contributed by atoms with E-state index in [-0.39, 0.29) is 12.0 Å². The van der Waals surface area contributed by atoms with Crippen molar-refractivity contribution in [2.45, 2.75) is 43.0 Å². The summed E-state index contributed by atoms with van der Waals surface area (Å²) in [6.07, 6.45) is 7.97. The van der Waals surface area contributed by atoms with Gasteiger partial charge in [-0.25, -0.2) is 19.1 Å². The maximum absolute atomic E-state index is 13.0. The quantitative estimate of drug-likeness (QED) is 0.639. The van der Waals surface area contributed by atoms with Gasteiger partial charge in [0.05, 0.1) is 6.61 Å². The number of thiol groups is 1. The predicted molar refractivity (Wildman–Crippen MR) is 86.7 cm³/mol. The van der Waals surface area contributed by atoms with E-state index in [4.69, 9.17) is 9.47 Å². The molecule has 140 valence electrons. The Bertz CT molecular complexity index is 797. The second kappa shape index (κ2) is 4.79. The van der Waals surface area contributed by atoms with Crippen molar-refractivity contribution in [2.75, 3.05) is 6.61 Å². The first kappa shape index (κ1) is 16.5. The van der Waals surface area contributed by atoms with Crippen LogP contribution in [0.1, 0.15) is 32.1 Å². The Hall–Kier alpha value is -1.64. The standard InChI is InChI=1S/C17H18F2N2O4S/c18-17(19,26)12(22)24-8-14-3-10-4-15(11(10)5-14)7-16(15,6-14)25-13(23)21-2-1-20-9-21/h1-2,9-11,26H,3-8H2. The molecule has 1 heterocycles. The van der Waals surface area contributed by atoms with Crippen molar-refractivity contribution in [3.63, 3.8) is 0 Å². The zero-order valence-electron chi connectivity index (χ0n) is 13.9. The molecule has 0 radical (unpaired) electrons. The Labute approximate surface area is 153 Å². The lowest BCUT2D eigenvalue weighted by atomic mass is 9.60. The van der Waals surface area contributed by atoms with Gasteiger partial charge in [-0.2, -0.15) is 8.78 Å². The average molecular weight is 384 g/mol. The van der Waals surface area contributed by atoms with Gasteiger partial charge in [-0.05, 0) is 43.9 Å². The number of fused-ring (bicyclic) bond motifs is 1. The minimum Gasteiger partial charge on any atom is -0.460 e. The number of halogens is 2. The predicted octanol–water partition coefficient (Wildman–Crippen LogP) is 2.88. The first-order valence-electron chi connectivity index (χ1n) is 8.68. The smallest absolute Gasteiger partial charge is 0.419 e. The highest BCUT2D eigenvalue weighted by Crippen LogP contribution is 2.86. The molecule has 26 heavy (non-hydrogen) atoms. The molecule has 4 aliphatic rings. The highest BCUT2D eigenvalue weighted by molar-refractivity contribution is 7.82. The number of carbonyl (C=O) groups excluding carboxylic acids is 2. The van der Waals surface area contributed by atoms with Crippen LogP contribution in [0.25, 0.3) is 0 Å². The molecule has 5 atom stereocenters. The second-order valence-electron chi connectivity index (χ2n) is 8.44. The molecule has 6 nitrogen and oxygen atoms in total. The van der Waals surface area contributed by atoms with Crippen LogP contribution >= 0.6 is 12.6 Å². The summed E-state index contributed by atoms with van der Waals surface area (Å²) in [6, 6.07) is 0. The van der Waals surface area contributed by atoms with Crippen molar-refractivity contribution < 1.29 is 27.8 Å². The Balaban J connectivity index is 1.34. The molecule has 5 rings (SSSR count). The summed E-state index contributed by atoms with van der Waals surface area (Å²) in [6.45, 7) is -0.0740. The number of hydrogen-bond acceptors (Lipinski definition) is 6. The first-order chi connectivity index (χ1) is 12.2. The molecule has 1 aromatic rings. The van der Waals surface area contributed by atoms with Gasteiger partial charge in [-0.15, -0.1) is 0 Å². The minimum atomic E-state index is -3.79. The van der Waals surface area contributed by atoms with Gasteiger partial charge in [-0.3, -0.25) is 0 Å². The van der Waals surface area contributed by atoms with Crippen molar-refractivity contribution >= 4 is 24.7 Å². The second-order valence-corrected chi connectivity index (χ2v) is 9.00. The maximum Gasteiger partial charge on any atom is 0.419 e. The van der Waals surface area contributed by atoms with Gasteiger partial charge in [0.15, 0.2) is 0 Å². The lowest BCUT2D eigenvalue weighted by molar-refractivity contribution is -0.165. The molecule has 0 saturated heterocycles. The summed E-state index contributed by atoms with van der Waals surface area (Å²) in [4.78, 5) is 27.7. The molecular weight excluding hydrogens is 366 g/mol. The maximum atomic E-state index is 13.0. The minimum absolute atomic E-state index is 0.0331. The van der Waals surface area contributed by atoms with Crippen LogP contribution in [0.15, 0.2) is 18.7 Å². The first-order valence-corrected chi connectivity index (χ1v) is 9.12. The summed E-state index contributed by atoms with van der Waals surface area (Å²) in [5, 5.41) is -3.79. The van der Waals surface area contributed by atoms with Gasteiger partial charge >= 0.3 is 17.3 Å². The summed E-state index contributed by atoms with van der Waals surface area (Å²) in [7, 11) is 0. The topological polar surface area (TPSA) is 70.4 Å². The Morgan fingerprint density at radius 3 is 2.81 bits per heavy atom. The summed E-state index contributed by atoms with van der Waals surface area (Å²) in [5.41, 5.74) is -0.929. The Kier molecular flexibility index (Phi) is 3.05. The lowest BCUT2D eigenvalue weighted by Gasteiger charge is -2.47. The van der Waals surface area contributed by atoms with E-state index in [2.05, 4.69) is 17.6 Å². The van der Waals surface area contributed by atoms with Crippen molar-refractivity contribution in [1.82, 2.24) is 9.55 Å². The van der Waals surface area contributed by atoms with Crippen molar-refractivity contribution in [3.05, 3.63) is 18.7 Å². The molecule has 0 aromatic carbocycles. The van der Waals surface area contributed by atoms with Gasteiger partial charge < -0.3 is 9.47 Å². The summed E-state index contributed by atoms with van der Waals surface area (Å²) < 4.78 is 38.1. The van der Waals surface area contributed by atoms with Gasteiger partial charge in [0.25, 0.3) is 0 Å². The summed E-state index contributed by atoms with van der Waals surface area (Å²) in [5.74, 6) is -0.699. The van der Waals surface area contributed by atoms with Crippen LogP contribution in [-0.4, -0.2) is 39.1 Å². The van der Waals surface area contributed by atoms with Crippen molar-refractivity contribution in [2.24, 2.45) is 22.7 Å². The third kappa shape index (κ3) is 2.06. The molecule has 0 N–H and O–H groups in total. The average Bonchev–Trinajstić information content (AvgIpc) is 2.90. The van der Waals surface area contributed by atoms with E-state index in [9.17, 15) is 18.4 Å². The van der Waals surface area contributed by atoms with Gasteiger partial charge in [0.1, 0.15) is 11.9 Å². The molecule has 1 aromatic heterocycles. The van der Waals surface area contributed by atoms with Crippen LogP contribution in [-0.2, 0) is 14.3 Å². The number of alkyl halides is 2. The number of imidazole rings is 1. The zero-order valence-corrected chi connectivity index (χ0v) is 14.8. The molecule has 4 aliphatic carbocycles. The van der Waals surface area contributed by atoms with Crippen LogP contribution in [0, 0.1) is 22.7 Å². The fraction of sp³-hybridized carbons (Fsp3) is 0.706. The fourth-order valence-electron chi connectivity index (χ4n) is 6.15. The van der Waals surface area contributed by atoms with E-state index in [0.717, 1.165) is 25.7 Å². The third-order valence-corrected chi connectivity index (χ3v) is 7.23. The van der Waals surface area contributed by atoms with E-state index in [0.29, 0.717) is 18.3 Å². The van der Waals surface area contributed by atoms with Crippen LogP contribution in [0.4, 0.5) is 13.6 Å². The Morgan fingerprint density at radius 1 is 1.31 bits per heavy atom. The van der Waals surface area contributed by atoms with Gasteiger partial charge in [0.2, 0.25) is 0 Å². The molecule has 1 spiro atoms. The molecule has 4 fully saturated rings. The van der Waals surface area contributed by atoms with Gasteiger partial charge in [0, 0.05) is 23.2 Å². The van der Waals surface area contributed by atoms with E-state index < -0.39 is 28.3 Å². The molecule has 0 aliphatic heterocycles. The molecule has 0 amide bonds. The summed E-state index contributed by atoms with van der Waals surface area (Å²) >= 11 is 2.98. The Morgan fingerprint density at radius 2 is 2.12 bits per heavy atom. The van der Waals surface area contributed by atoms with Crippen molar-refractivity contribution in [3.8, 4) is 0 Å². The number of rotatable bonds is 4. The van der Waals surface area contributed by atoms with E-state index in [1.54, 1.807) is 0 Å². The molecule has 4 saturated carbocycles. The monoisotopic (exact) mass is 384 g/mol. The molecule has 2 bridgehead atoms. The SMILES string of the molecule is O=C(OC12CC3(COC(=O)C(F)(F)S)CC4CC1(C2)C4C3)n1ccnc1. The third-order valence-electron chi connectivity index (χ3n) is 7.05. The van der Waals surface area contributed by atoms with Crippen LogP contribution in [0.5, 0.6) is 0 Å². The zero-order chi connectivity index (χ0) is 18.4. The number of ether oxygens (including phenoxy) is 2. The van der Waals surface area contributed by atoms with Crippen LogP contribution < -0.4 is 0 Å². The largest absolute Gasteiger partial charge is 0.460 e. The van der Waals surface area contributed by atoms with E-state index in [1.807, 2.05) is 0 Å². The van der Waals surface area contributed by atoms with Gasteiger partial charge in [-0.1, -0.05) is 12.6 Å². The highest BCUT2D eigenvalue weighted by atomic mass is 32.1.